The quantitative estimate of drug-likeness (QED) is 0.839. The van der Waals surface area contributed by atoms with Gasteiger partial charge < -0.3 is 9.67 Å². The molecule has 0 amide bonds. The summed E-state index contributed by atoms with van der Waals surface area (Å²) in [7, 11) is -4.68. The van der Waals surface area contributed by atoms with Crippen LogP contribution in [0.15, 0.2) is 17.2 Å². The van der Waals surface area contributed by atoms with Crippen LogP contribution < -0.4 is 0 Å². The fourth-order valence-corrected chi connectivity index (χ4v) is 4.84. The first kappa shape index (κ1) is 15.2. The van der Waals surface area contributed by atoms with Crippen LogP contribution in [0.3, 0.4) is 0 Å². The number of hydrogen-bond donors (Lipinski definition) is 1. The van der Waals surface area contributed by atoms with Crippen molar-refractivity contribution in [1.29, 1.82) is 0 Å². The fourth-order valence-electron chi connectivity index (χ4n) is 2.08. The first-order valence-electron chi connectivity index (χ1n) is 6.15. The van der Waals surface area contributed by atoms with Crippen LogP contribution in [0.1, 0.15) is 17.4 Å². The van der Waals surface area contributed by atoms with Crippen molar-refractivity contribution in [2.75, 3.05) is 24.6 Å². The maximum Gasteiger partial charge on any atom is 0.352 e. The molecule has 7 nitrogen and oxygen atoms in total. The molecule has 0 spiro atoms. The lowest BCUT2D eigenvalue weighted by Crippen LogP contribution is -2.41. The highest BCUT2D eigenvalue weighted by atomic mass is 32.2. The van der Waals surface area contributed by atoms with E-state index in [-0.39, 0.29) is 23.7 Å². The fraction of sp³-hybridized carbons (Fsp3) is 0.545. The van der Waals surface area contributed by atoms with Crippen molar-refractivity contribution in [1.82, 2.24) is 8.87 Å². The van der Waals surface area contributed by atoms with Gasteiger partial charge in [-0.05, 0) is 13.0 Å². The number of carboxylic acids is 1. The highest BCUT2D eigenvalue weighted by Crippen LogP contribution is 2.20. The zero-order valence-corrected chi connectivity index (χ0v) is 12.6. The summed E-state index contributed by atoms with van der Waals surface area (Å²) in [6.45, 7) is 2.53. The van der Waals surface area contributed by atoms with Crippen LogP contribution in [0.2, 0.25) is 0 Å². The molecule has 1 aliphatic heterocycles. The Balaban J connectivity index is 2.34. The van der Waals surface area contributed by atoms with Crippen molar-refractivity contribution in [2.45, 2.75) is 18.4 Å². The third-order valence-corrected chi connectivity index (χ3v) is 6.35. The maximum absolute atomic E-state index is 12.4. The molecule has 0 aliphatic carbocycles. The SMILES string of the molecule is CCn1cc(S(=O)(=O)N2CCS(=O)CC2)cc1C(=O)O. The topological polar surface area (TPSA) is 96.7 Å². The molecule has 1 aromatic heterocycles. The van der Waals surface area contributed by atoms with Gasteiger partial charge in [0.2, 0.25) is 10.0 Å². The van der Waals surface area contributed by atoms with Crippen molar-refractivity contribution < 1.29 is 22.5 Å². The number of sulfonamides is 1. The Morgan fingerprint density at radius 3 is 2.45 bits per heavy atom. The van der Waals surface area contributed by atoms with Crippen molar-refractivity contribution in [3.63, 3.8) is 0 Å². The Morgan fingerprint density at radius 1 is 1.40 bits per heavy atom. The molecule has 1 aromatic rings. The molecule has 1 fully saturated rings. The summed E-state index contributed by atoms with van der Waals surface area (Å²) in [5, 5.41) is 9.05. The molecule has 0 radical (unpaired) electrons. The average molecular weight is 320 g/mol. The molecular formula is C11H16N2O5S2. The number of nitrogens with zero attached hydrogens (tertiary/aromatic N) is 2. The smallest absolute Gasteiger partial charge is 0.352 e. The Morgan fingerprint density at radius 2 is 2.00 bits per heavy atom. The van der Waals surface area contributed by atoms with Gasteiger partial charge in [-0.15, -0.1) is 0 Å². The molecule has 20 heavy (non-hydrogen) atoms. The number of aromatic carboxylic acids is 1. The van der Waals surface area contributed by atoms with Crippen LogP contribution in [0.25, 0.3) is 0 Å². The summed E-state index contributed by atoms with van der Waals surface area (Å²) >= 11 is 0. The highest BCUT2D eigenvalue weighted by Gasteiger charge is 2.30. The third-order valence-electron chi connectivity index (χ3n) is 3.21. The van der Waals surface area contributed by atoms with Gasteiger partial charge in [-0.2, -0.15) is 4.31 Å². The predicted molar refractivity (Wildman–Crippen MR) is 73.7 cm³/mol. The first-order chi connectivity index (χ1) is 9.36. The molecule has 2 heterocycles. The van der Waals surface area contributed by atoms with Crippen LogP contribution in [0.5, 0.6) is 0 Å². The number of carbonyl (C=O) groups is 1. The predicted octanol–water partition coefficient (Wildman–Crippen LogP) is -0.0408. The molecule has 0 unspecified atom stereocenters. The van der Waals surface area contributed by atoms with Gasteiger partial charge in [-0.3, -0.25) is 4.21 Å². The van der Waals surface area contributed by atoms with E-state index in [1.54, 1.807) is 6.92 Å². The van der Waals surface area contributed by atoms with Gasteiger partial charge in [0.05, 0.1) is 0 Å². The number of rotatable bonds is 4. The van der Waals surface area contributed by atoms with E-state index in [1.165, 1.54) is 21.1 Å². The highest BCUT2D eigenvalue weighted by molar-refractivity contribution is 7.89. The number of aryl methyl sites for hydroxylation is 1. The molecular weight excluding hydrogens is 304 g/mol. The summed E-state index contributed by atoms with van der Waals surface area (Å²) in [5.41, 5.74) is -0.0494. The summed E-state index contributed by atoms with van der Waals surface area (Å²) in [5.74, 6) is -0.521. The second-order valence-electron chi connectivity index (χ2n) is 4.40. The van der Waals surface area contributed by atoms with Crippen LogP contribution in [0.4, 0.5) is 0 Å². The van der Waals surface area contributed by atoms with E-state index in [2.05, 4.69) is 0 Å². The Labute approximate surface area is 119 Å². The van der Waals surface area contributed by atoms with Gasteiger partial charge in [0.1, 0.15) is 10.6 Å². The number of carboxylic acid groups (broad SMARTS) is 1. The van der Waals surface area contributed by atoms with E-state index in [1.807, 2.05) is 0 Å². The standard InChI is InChI=1S/C11H16N2O5S2/c1-2-12-8-9(7-10(12)11(14)15)20(17,18)13-3-5-19(16)6-4-13/h7-8H,2-6H2,1H3,(H,14,15). The van der Waals surface area contributed by atoms with Gasteiger partial charge in [0.25, 0.3) is 0 Å². The zero-order valence-electron chi connectivity index (χ0n) is 11.0. The summed E-state index contributed by atoms with van der Waals surface area (Å²) < 4.78 is 38.8. The Bertz CT molecular complexity index is 640. The van der Waals surface area contributed by atoms with Gasteiger partial charge >= 0.3 is 5.97 Å². The van der Waals surface area contributed by atoms with Crippen molar-refractivity contribution in [3.05, 3.63) is 18.0 Å². The first-order valence-corrected chi connectivity index (χ1v) is 9.07. The molecule has 0 bridgehead atoms. The Kier molecular flexibility index (Phi) is 4.31. The monoisotopic (exact) mass is 320 g/mol. The lowest BCUT2D eigenvalue weighted by atomic mass is 10.4. The third kappa shape index (κ3) is 2.79. The summed E-state index contributed by atoms with van der Waals surface area (Å²) in [6.07, 6.45) is 1.34. The van der Waals surface area contributed by atoms with E-state index in [0.29, 0.717) is 18.1 Å². The minimum absolute atomic E-state index is 0.0237. The van der Waals surface area contributed by atoms with E-state index in [4.69, 9.17) is 5.11 Å². The van der Waals surface area contributed by atoms with Gasteiger partial charge in [-0.25, -0.2) is 13.2 Å². The minimum Gasteiger partial charge on any atom is -0.477 e. The zero-order chi connectivity index (χ0) is 14.9. The molecule has 1 aliphatic rings. The number of aromatic nitrogens is 1. The van der Waals surface area contributed by atoms with Gasteiger partial charge in [0, 0.05) is 48.1 Å². The summed E-state index contributed by atoms with van der Waals surface area (Å²) in [6, 6.07) is 1.17. The molecule has 9 heteroatoms. The van der Waals surface area contributed by atoms with Crippen LogP contribution in [-0.2, 0) is 27.4 Å². The maximum atomic E-state index is 12.4. The van der Waals surface area contributed by atoms with E-state index in [0.717, 1.165) is 0 Å². The lowest BCUT2D eigenvalue weighted by molar-refractivity contribution is 0.0685. The minimum atomic E-state index is -3.72. The molecule has 1 N–H and O–H groups in total. The number of hydrogen-bond acceptors (Lipinski definition) is 4. The van der Waals surface area contributed by atoms with E-state index in [9.17, 15) is 17.4 Å². The van der Waals surface area contributed by atoms with Gasteiger partial charge in [0.15, 0.2) is 0 Å². The second kappa shape index (κ2) is 5.66. The van der Waals surface area contributed by atoms with Crippen LogP contribution >= 0.6 is 0 Å². The largest absolute Gasteiger partial charge is 0.477 e. The van der Waals surface area contributed by atoms with Crippen molar-refractivity contribution >= 4 is 26.8 Å². The molecule has 2 rings (SSSR count). The molecule has 0 atom stereocenters. The molecule has 0 aromatic carbocycles. The van der Waals surface area contributed by atoms with Gasteiger partial charge in [-0.1, -0.05) is 0 Å². The average Bonchev–Trinajstić information content (AvgIpc) is 2.84. The molecule has 1 saturated heterocycles. The second-order valence-corrected chi connectivity index (χ2v) is 8.04. The van der Waals surface area contributed by atoms with Crippen molar-refractivity contribution in [2.24, 2.45) is 0 Å². The van der Waals surface area contributed by atoms with Crippen molar-refractivity contribution in [3.8, 4) is 0 Å². The molecule has 0 saturated carbocycles. The van der Waals surface area contributed by atoms with Crippen LogP contribution in [0, 0.1) is 0 Å². The van der Waals surface area contributed by atoms with E-state index >= 15 is 0 Å². The van der Waals surface area contributed by atoms with Crippen LogP contribution in [-0.4, -0.2) is 57.2 Å². The van der Waals surface area contributed by atoms with E-state index < -0.39 is 26.8 Å². The summed E-state index contributed by atoms with van der Waals surface area (Å²) in [4.78, 5) is 11.0. The Hall–Kier alpha value is -1.19. The lowest BCUT2D eigenvalue weighted by Gasteiger charge is -2.24. The normalized spacial score (nSPS) is 18.2. The molecule has 112 valence electrons.